The third-order valence-electron chi connectivity index (χ3n) is 3.10. The summed E-state index contributed by atoms with van der Waals surface area (Å²) in [7, 11) is 0. The predicted octanol–water partition coefficient (Wildman–Crippen LogP) is 0.0441. The minimum absolute atomic E-state index is 0.00523. The van der Waals surface area contributed by atoms with E-state index >= 15 is 0 Å². The van der Waals surface area contributed by atoms with Gasteiger partial charge in [-0.05, 0) is 25.9 Å². The lowest BCUT2D eigenvalue weighted by Gasteiger charge is -2.24. The number of rotatable bonds is 1. The maximum Gasteiger partial charge on any atom is 0.264 e. The predicted molar refractivity (Wildman–Crippen MR) is 59.3 cm³/mol. The zero-order valence-corrected chi connectivity index (χ0v) is 8.81. The van der Waals surface area contributed by atoms with E-state index in [0.29, 0.717) is 11.0 Å². The summed E-state index contributed by atoms with van der Waals surface area (Å²) in [6, 6.07) is 0.264. The van der Waals surface area contributed by atoms with Gasteiger partial charge in [-0.1, -0.05) is 0 Å². The second-order valence-corrected chi connectivity index (χ2v) is 4.07. The first-order valence-corrected chi connectivity index (χ1v) is 5.47. The second kappa shape index (κ2) is 3.71. The molecular formula is C10H13N5O. The maximum absolute atomic E-state index is 12.1. The summed E-state index contributed by atoms with van der Waals surface area (Å²) >= 11 is 0. The third kappa shape index (κ3) is 1.42. The number of piperidine rings is 1. The molecule has 1 aliphatic rings. The van der Waals surface area contributed by atoms with E-state index in [4.69, 9.17) is 0 Å². The average molecular weight is 219 g/mol. The first kappa shape index (κ1) is 9.53. The van der Waals surface area contributed by atoms with Crippen LogP contribution < -0.4 is 10.9 Å². The third-order valence-corrected chi connectivity index (χ3v) is 3.10. The van der Waals surface area contributed by atoms with Crippen LogP contribution in [0.1, 0.15) is 18.9 Å². The molecule has 2 aromatic heterocycles. The van der Waals surface area contributed by atoms with Crippen LogP contribution in [0, 0.1) is 0 Å². The number of nitrogens with zero attached hydrogens (tertiary/aromatic N) is 3. The van der Waals surface area contributed by atoms with Crippen LogP contribution in [0.15, 0.2) is 17.3 Å². The van der Waals surface area contributed by atoms with Crippen LogP contribution in [-0.2, 0) is 0 Å². The summed E-state index contributed by atoms with van der Waals surface area (Å²) < 4.78 is 1.73. The van der Waals surface area contributed by atoms with Gasteiger partial charge in [-0.3, -0.25) is 14.5 Å². The van der Waals surface area contributed by atoms with Crippen molar-refractivity contribution in [3.63, 3.8) is 0 Å². The van der Waals surface area contributed by atoms with Gasteiger partial charge in [0, 0.05) is 6.04 Å². The summed E-state index contributed by atoms with van der Waals surface area (Å²) in [6.07, 6.45) is 5.12. The van der Waals surface area contributed by atoms with E-state index in [9.17, 15) is 4.79 Å². The molecule has 0 saturated carbocycles. The van der Waals surface area contributed by atoms with Gasteiger partial charge in [0.2, 0.25) is 0 Å². The van der Waals surface area contributed by atoms with Crippen molar-refractivity contribution in [3.05, 3.63) is 22.9 Å². The molecule has 0 radical (unpaired) electrons. The fraction of sp³-hybridized carbons (Fsp3) is 0.500. The van der Waals surface area contributed by atoms with Crippen molar-refractivity contribution >= 4 is 11.0 Å². The van der Waals surface area contributed by atoms with Gasteiger partial charge in [-0.2, -0.15) is 5.10 Å². The Hall–Kier alpha value is -1.69. The molecule has 84 valence electrons. The highest BCUT2D eigenvalue weighted by molar-refractivity contribution is 5.71. The number of hydrogen-bond donors (Lipinski definition) is 2. The number of fused-ring (bicyclic) bond motifs is 1. The molecule has 3 heterocycles. The quantitative estimate of drug-likeness (QED) is 0.710. The van der Waals surface area contributed by atoms with Gasteiger partial charge in [0.1, 0.15) is 11.7 Å². The Morgan fingerprint density at radius 2 is 2.19 bits per heavy atom. The zero-order valence-electron chi connectivity index (χ0n) is 8.81. The highest BCUT2D eigenvalue weighted by Gasteiger charge is 2.17. The summed E-state index contributed by atoms with van der Waals surface area (Å²) in [5.41, 5.74) is 0.570. The molecule has 1 saturated heterocycles. The molecule has 0 aromatic carbocycles. The topological polar surface area (TPSA) is 75.6 Å². The highest BCUT2D eigenvalue weighted by atomic mass is 16.1. The fourth-order valence-corrected chi connectivity index (χ4v) is 2.19. The van der Waals surface area contributed by atoms with Crippen molar-refractivity contribution in [1.82, 2.24) is 25.1 Å². The Morgan fingerprint density at radius 3 is 3.00 bits per heavy atom. The van der Waals surface area contributed by atoms with Crippen LogP contribution in [0.2, 0.25) is 0 Å². The molecule has 0 bridgehead atoms. The van der Waals surface area contributed by atoms with Crippen molar-refractivity contribution in [2.75, 3.05) is 13.1 Å². The Balaban J connectivity index is 2.09. The smallest absolute Gasteiger partial charge is 0.264 e. The van der Waals surface area contributed by atoms with Crippen molar-refractivity contribution < 1.29 is 0 Å². The van der Waals surface area contributed by atoms with Crippen LogP contribution in [0.25, 0.3) is 11.0 Å². The summed E-state index contributed by atoms with van der Waals surface area (Å²) in [6.45, 7) is 1.92. The number of aromatic amines is 1. The van der Waals surface area contributed by atoms with Crippen LogP contribution in [0.3, 0.4) is 0 Å². The summed E-state index contributed by atoms with van der Waals surface area (Å²) in [5.74, 6) is 0. The summed E-state index contributed by atoms with van der Waals surface area (Å²) in [4.78, 5) is 16.3. The molecule has 1 fully saturated rings. The first-order valence-electron chi connectivity index (χ1n) is 5.47. The lowest BCUT2D eigenvalue weighted by Crippen LogP contribution is -2.34. The SMILES string of the molecule is O=c1c2cn[nH]c2ncn1C1CCNCC1. The van der Waals surface area contributed by atoms with Crippen LogP contribution in [0.5, 0.6) is 0 Å². The van der Waals surface area contributed by atoms with E-state index in [1.54, 1.807) is 17.1 Å². The van der Waals surface area contributed by atoms with Gasteiger partial charge in [-0.15, -0.1) is 0 Å². The van der Waals surface area contributed by atoms with Gasteiger partial charge >= 0.3 is 0 Å². The van der Waals surface area contributed by atoms with Crippen molar-refractivity contribution in [1.29, 1.82) is 0 Å². The van der Waals surface area contributed by atoms with E-state index in [2.05, 4.69) is 20.5 Å². The van der Waals surface area contributed by atoms with Gasteiger partial charge < -0.3 is 5.32 Å². The number of hydrogen-bond acceptors (Lipinski definition) is 4. The molecular weight excluding hydrogens is 206 g/mol. The lowest BCUT2D eigenvalue weighted by molar-refractivity contribution is 0.359. The molecule has 6 heteroatoms. The van der Waals surface area contributed by atoms with E-state index in [0.717, 1.165) is 25.9 Å². The van der Waals surface area contributed by atoms with E-state index in [1.165, 1.54) is 0 Å². The molecule has 0 spiro atoms. The number of aromatic nitrogens is 4. The molecule has 0 aliphatic carbocycles. The van der Waals surface area contributed by atoms with Crippen molar-refractivity contribution in [2.24, 2.45) is 0 Å². The Bertz CT molecular complexity index is 552. The standard InChI is InChI=1S/C10H13N5O/c16-10-8-5-13-14-9(8)12-6-15(10)7-1-3-11-4-2-7/h5-7,11H,1-4H2,(H,13,14). The summed E-state index contributed by atoms with van der Waals surface area (Å²) in [5, 5.41) is 10.4. The Labute approximate surface area is 91.7 Å². The Kier molecular flexibility index (Phi) is 2.21. The van der Waals surface area contributed by atoms with Crippen LogP contribution in [0.4, 0.5) is 0 Å². The largest absolute Gasteiger partial charge is 0.317 e. The second-order valence-electron chi connectivity index (χ2n) is 4.07. The highest BCUT2D eigenvalue weighted by Crippen LogP contribution is 2.16. The van der Waals surface area contributed by atoms with Gasteiger partial charge in [0.25, 0.3) is 5.56 Å². The fourth-order valence-electron chi connectivity index (χ4n) is 2.19. The number of nitrogens with one attached hydrogen (secondary N) is 2. The van der Waals surface area contributed by atoms with Gasteiger partial charge in [0.15, 0.2) is 5.65 Å². The van der Waals surface area contributed by atoms with Crippen LogP contribution >= 0.6 is 0 Å². The van der Waals surface area contributed by atoms with Gasteiger partial charge in [-0.25, -0.2) is 4.98 Å². The zero-order chi connectivity index (χ0) is 11.0. The van der Waals surface area contributed by atoms with Gasteiger partial charge in [0.05, 0.1) is 6.20 Å². The molecule has 2 aromatic rings. The van der Waals surface area contributed by atoms with E-state index < -0.39 is 0 Å². The minimum Gasteiger partial charge on any atom is -0.317 e. The lowest BCUT2D eigenvalue weighted by atomic mass is 10.1. The molecule has 3 rings (SSSR count). The number of H-pyrrole nitrogens is 1. The molecule has 16 heavy (non-hydrogen) atoms. The maximum atomic E-state index is 12.1. The van der Waals surface area contributed by atoms with Crippen LogP contribution in [-0.4, -0.2) is 32.8 Å². The first-order chi connectivity index (χ1) is 7.86. The minimum atomic E-state index is 0.00523. The van der Waals surface area contributed by atoms with E-state index in [-0.39, 0.29) is 11.6 Å². The molecule has 0 amide bonds. The van der Waals surface area contributed by atoms with E-state index in [1.807, 2.05) is 0 Å². The molecule has 2 N–H and O–H groups in total. The molecule has 0 atom stereocenters. The normalized spacial score (nSPS) is 18.0. The molecule has 0 unspecified atom stereocenters. The average Bonchev–Trinajstić information content (AvgIpc) is 2.80. The van der Waals surface area contributed by atoms with Crippen molar-refractivity contribution in [2.45, 2.75) is 18.9 Å². The molecule has 6 nitrogen and oxygen atoms in total. The van der Waals surface area contributed by atoms with Crippen molar-refractivity contribution in [3.8, 4) is 0 Å². The Morgan fingerprint density at radius 1 is 1.38 bits per heavy atom. The monoisotopic (exact) mass is 219 g/mol. The molecule has 1 aliphatic heterocycles.